The standard InChI is InChI=1S/C25H39NP2/c1-22(2,3)21(28-20-16-12-13-17-26-20)18-14-10-11-15-19(18)25(27,23(4,5)6)24(7,8)9/h10-17,21,28H,27H2,1-9H3. The second-order valence-electron chi connectivity index (χ2n) is 11.1. The highest BCUT2D eigenvalue weighted by atomic mass is 31.1. The lowest BCUT2D eigenvalue weighted by atomic mass is 9.61. The van der Waals surface area contributed by atoms with Gasteiger partial charge in [-0.3, -0.25) is 4.98 Å². The van der Waals surface area contributed by atoms with E-state index < -0.39 is 0 Å². The molecule has 0 bridgehead atoms. The minimum Gasteiger partial charge on any atom is -0.257 e. The van der Waals surface area contributed by atoms with E-state index in [1.165, 1.54) is 16.6 Å². The maximum atomic E-state index is 4.65. The summed E-state index contributed by atoms with van der Waals surface area (Å²) in [5.74, 6) is 0. The minimum atomic E-state index is -0.0469. The van der Waals surface area contributed by atoms with Gasteiger partial charge in [-0.05, 0) is 39.5 Å². The molecule has 3 heteroatoms. The van der Waals surface area contributed by atoms with Crippen LogP contribution in [0.15, 0.2) is 48.7 Å². The van der Waals surface area contributed by atoms with Gasteiger partial charge in [0.1, 0.15) is 0 Å². The van der Waals surface area contributed by atoms with Crippen LogP contribution in [0.5, 0.6) is 0 Å². The molecule has 28 heavy (non-hydrogen) atoms. The predicted octanol–water partition coefficient (Wildman–Crippen LogP) is 7.34. The molecule has 0 spiro atoms. The first kappa shape index (κ1) is 23.5. The van der Waals surface area contributed by atoms with Gasteiger partial charge in [-0.15, -0.1) is 9.24 Å². The fraction of sp³-hybridized carbons (Fsp3) is 0.560. The normalized spacial score (nSPS) is 15.2. The van der Waals surface area contributed by atoms with Crippen LogP contribution in [0.25, 0.3) is 0 Å². The van der Waals surface area contributed by atoms with Crippen LogP contribution in [-0.2, 0) is 5.16 Å². The molecule has 1 aromatic heterocycles. The molecule has 0 N–H and O–H groups in total. The van der Waals surface area contributed by atoms with Crippen molar-refractivity contribution in [3.05, 3.63) is 59.8 Å². The van der Waals surface area contributed by atoms with Crippen LogP contribution in [0.1, 0.15) is 79.1 Å². The van der Waals surface area contributed by atoms with Crippen molar-refractivity contribution in [2.45, 2.75) is 73.1 Å². The van der Waals surface area contributed by atoms with Crippen molar-refractivity contribution in [3.63, 3.8) is 0 Å². The molecule has 0 amide bonds. The Bertz CT molecular complexity index is 763. The van der Waals surface area contributed by atoms with E-state index in [0.717, 1.165) is 0 Å². The Morgan fingerprint density at radius 3 is 1.79 bits per heavy atom. The first-order chi connectivity index (χ1) is 12.7. The zero-order chi connectivity index (χ0) is 21.4. The molecule has 0 saturated carbocycles. The average molecular weight is 416 g/mol. The topological polar surface area (TPSA) is 12.9 Å². The molecule has 0 fully saturated rings. The molecule has 3 unspecified atom stereocenters. The second kappa shape index (κ2) is 8.16. The van der Waals surface area contributed by atoms with Crippen molar-refractivity contribution in [1.82, 2.24) is 4.98 Å². The monoisotopic (exact) mass is 415 g/mol. The third kappa shape index (κ3) is 4.68. The second-order valence-corrected chi connectivity index (χ2v) is 13.3. The van der Waals surface area contributed by atoms with E-state index in [0.29, 0.717) is 14.2 Å². The summed E-state index contributed by atoms with van der Waals surface area (Å²) in [4.78, 5) is 4.65. The summed E-state index contributed by atoms with van der Waals surface area (Å²) in [5, 5.41) is -0.0469. The summed E-state index contributed by atoms with van der Waals surface area (Å²) in [5.41, 5.74) is 4.89. The van der Waals surface area contributed by atoms with Crippen molar-refractivity contribution in [2.24, 2.45) is 16.2 Å². The van der Waals surface area contributed by atoms with Crippen LogP contribution in [0.3, 0.4) is 0 Å². The molecule has 2 aromatic rings. The van der Waals surface area contributed by atoms with E-state index in [1.807, 2.05) is 12.3 Å². The molecule has 0 saturated heterocycles. The van der Waals surface area contributed by atoms with Gasteiger partial charge in [-0.25, -0.2) is 0 Å². The Morgan fingerprint density at radius 1 is 0.786 bits per heavy atom. The van der Waals surface area contributed by atoms with Crippen molar-refractivity contribution in [1.29, 1.82) is 0 Å². The Labute approximate surface area is 177 Å². The maximum absolute atomic E-state index is 4.65. The van der Waals surface area contributed by atoms with E-state index in [2.05, 4.69) is 113 Å². The van der Waals surface area contributed by atoms with Crippen molar-refractivity contribution < 1.29 is 0 Å². The summed E-state index contributed by atoms with van der Waals surface area (Å²) in [6.07, 6.45) is 1.91. The van der Waals surface area contributed by atoms with E-state index in [9.17, 15) is 0 Å². The summed E-state index contributed by atoms with van der Waals surface area (Å²) in [7, 11) is 3.93. The minimum absolute atomic E-state index is 0.0469. The average Bonchev–Trinajstić information content (AvgIpc) is 2.57. The fourth-order valence-corrected chi connectivity index (χ4v) is 6.14. The van der Waals surface area contributed by atoms with Gasteiger partial charge in [0.2, 0.25) is 0 Å². The molecule has 0 aliphatic carbocycles. The number of hydrogen-bond donors (Lipinski definition) is 0. The maximum Gasteiger partial charge on any atom is 0.0606 e. The third-order valence-electron chi connectivity index (χ3n) is 5.89. The van der Waals surface area contributed by atoms with Gasteiger partial charge in [-0.2, -0.15) is 0 Å². The summed E-state index contributed by atoms with van der Waals surface area (Å²) in [6, 6.07) is 15.4. The Balaban J connectivity index is 2.71. The van der Waals surface area contributed by atoms with Gasteiger partial charge in [0, 0.05) is 17.0 Å². The SMILES string of the molecule is CC(C)(C)C(Pc1ccccn1)c1ccccc1C(P)(C(C)(C)C)C(C)(C)C. The lowest BCUT2D eigenvalue weighted by Crippen LogP contribution is -2.46. The molecule has 1 heterocycles. The van der Waals surface area contributed by atoms with E-state index in [1.54, 1.807) is 0 Å². The van der Waals surface area contributed by atoms with Gasteiger partial charge < -0.3 is 0 Å². The van der Waals surface area contributed by atoms with E-state index in [4.69, 9.17) is 0 Å². The van der Waals surface area contributed by atoms with Gasteiger partial charge >= 0.3 is 0 Å². The predicted molar refractivity (Wildman–Crippen MR) is 131 cm³/mol. The summed E-state index contributed by atoms with van der Waals surface area (Å²) < 4.78 is 0. The van der Waals surface area contributed by atoms with Gasteiger partial charge in [0.25, 0.3) is 0 Å². The van der Waals surface area contributed by atoms with Crippen LogP contribution in [0.4, 0.5) is 0 Å². The van der Waals surface area contributed by atoms with Crippen LogP contribution >= 0.6 is 17.8 Å². The first-order valence-electron chi connectivity index (χ1n) is 10.3. The molecule has 3 atom stereocenters. The number of aromatic nitrogens is 1. The number of rotatable bonds is 4. The molecule has 2 rings (SSSR count). The Kier molecular flexibility index (Phi) is 6.85. The lowest BCUT2D eigenvalue weighted by Gasteiger charge is -2.53. The third-order valence-corrected chi connectivity index (χ3v) is 9.99. The van der Waals surface area contributed by atoms with Crippen LogP contribution < -0.4 is 5.44 Å². The van der Waals surface area contributed by atoms with E-state index in [-0.39, 0.29) is 21.4 Å². The summed E-state index contributed by atoms with van der Waals surface area (Å²) in [6.45, 7) is 21.3. The lowest BCUT2D eigenvalue weighted by molar-refractivity contribution is 0.138. The molecular formula is C25H39NP2. The van der Waals surface area contributed by atoms with Crippen molar-refractivity contribution >= 4 is 23.3 Å². The zero-order valence-electron chi connectivity index (χ0n) is 19.2. The van der Waals surface area contributed by atoms with Crippen molar-refractivity contribution in [3.8, 4) is 0 Å². The number of benzene rings is 1. The van der Waals surface area contributed by atoms with Gasteiger partial charge in [0.15, 0.2) is 0 Å². The van der Waals surface area contributed by atoms with E-state index >= 15 is 0 Å². The quantitative estimate of drug-likeness (QED) is 0.476. The van der Waals surface area contributed by atoms with Crippen LogP contribution in [0.2, 0.25) is 0 Å². The smallest absolute Gasteiger partial charge is 0.0606 e. The molecule has 0 radical (unpaired) electrons. The highest BCUT2D eigenvalue weighted by Crippen LogP contribution is 2.61. The highest BCUT2D eigenvalue weighted by molar-refractivity contribution is 7.47. The van der Waals surface area contributed by atoms with Gasteiger partial charge in [0.05, 0.1) is 5.44 Å². The molecule has 0 aliphatic heterocycles. The van der Waals surface area contributed by atoms with Crippen molar-refractivity contribution in [2.75, 3.05) is 0 Å². The Morgan fingerprint density at radius 2 is 1.32 bits per heavy atom. The van der Waals surface area contributed by atoms with Crippen LogP contribution in [-0.4, -0.2) is 4.98 Å². The number of pyridine rings is 1. The molecule has 0 aliphatic rings. The molecule has 154 valence electrons. The molecule has 1 nitrogen and oxygen atoms in total. The van der Waals surface area contributed by atoms with Gasteiger partial charge in [-0.1, -0.05) is 101 Å². The zero-order valence-corrected chi connectivity index (χ0v) is 21.4. The fourth-order valence-electron chi connectivity index (χ4n) is 4.40. The largest absolute Gasteiger partial charge is 0.257 e. The summed E-state index contributed by atoms with van der Waals surface area (Å²) >= 11 is 0. The molecule has 1 aromatic carbocycles. The number of hydrogen-bond acceptors (Lipinski definition) is 1. The first-order valence-corrected chi connectivity index (χ1v) is 11.9. The number of nitrogens with zero attached hydrogens (tertiary/aromatic N) is 1. The Hall–Kier alpha value is -0.770. The molecular weight excluding hydrogens is 376 g/mol. The van der Waals surface area contributed by atoms with Crippen LogP contribution in [0, 0.1) is 16.2 Å². The highest BCUT2D eigenvalue weighted by Gasteiger charge is 2.50.